The number of fused-ring (bicyclic) bond motifs is 4. The number of aliphatic hydroxyl groups is 3. The van der Waals surface area contributed by atoms with Crippen LogP contribution < -0.4 is 10.6 Å². The van der Waals surface area contributed by atoms with Crippen LogP contribution in [0, 0.1) is 42.9 Å². The summed E-state index contributed by atoms with van der Waals surface area (Å²) in [6, 6.07) is 9.04. The first-order valence-electron chi connectivity index (χ1n) is 14.8. The Morgan fingerprint density at radius 3 is 2.35 bits per heavy atom. The van der Waals surface area contributed by atoms with Crippen molar-refractivity contribution < 1.29 is 65.9 Å². The fourth-order valence-electron chi connectivity index (χ4n) is 7.80. The largest absolute Gasteiger partial charge is 0.508 e. The molecule has 1 saturated carbocycles. The first-order valence-corrected chi connectivity index (χ1v) is 14.8. The van der Waals surface area contributed by atoms with E-state index >= 15 is 0 Å². The molecule has 13 heteroatoms. The average molecular weight is 880 g/mol. The van der Waals surface area contributed by atoms with Gasteiger partial charge in [-0.3, -0.25) is 24.2 Å². The number of carbonyl (C=O) groups is 3. The van der Waals surface area contributed by atoms with E-state index in [-0.39, 0.29) is 112 Å². The van der Waals surface area contributed by atoms with Crippen LogP contribution in [0.25, 0.3) is 5.76 Å². The van der Waals surface area contributed by atoms with Gasteiger partial charge >= 0.3 is 0 Å². The number of aromatic hydroxyl groups is 1. The van der Waals surface area contributed by atoms with Crippen molar-refractivity contribution in [3.05, 3.63) is 75.1 Å². The predicted molar refractivity (Wildman–Crippen MR) is 169 cm³/mol. The smallest absolute Gasteiger partial charge is 0.255 e. The van der Waals surface area contributed by atoms with E-state index in [9.17, 15) is 34.8 Å². The van der Waals surface area contributed by atoms with Crippen molar-refractivity contribution in [1.82, 2.24) is 9.80 Å². The number of nitrogens with two attached hydrogens (primary N) is 1. The minimum Gasteiger partial charge on any atom is -0.508 e. The summed E-state index contributed by atoms with van der Waals surface area (Å²) in [5, 5.41) is 46.4. The summed E-state index contributed by atoms with van der Waals surface area (Å²) < 4.78 is 0. The number of phenolic OH excluding ortho intramolecular Hbond substituents is 1. The standard InChI is InChI=1S/C33H38N4O7.K.U/c1-35(2)22-13-19(15-37-10-9-16-7-5-6-8-17(16)14-37)27(38)24-20(22)11-18-12-21-26(36(3)4)29(40)25(32(34)43)31(42)33(21,44)30(41)23(18)28(24)39;;/h5-8,13,18,21,26,38-39,42,44H,9-12,14-15H2,1-4H3,(H2,34,43);;/t18-,21-,26-,33-;;/m0../s1. The number of aliphatic hydroxyl groups excluding tert-OH is 2. The number of Topliss-reactive ketones (excluding diaryl/α,β-unsaturated/α-hetero) is 2. The van der Waals surface area contributed by atoms with Crippen LogP contribution >= 0.6 is 0 Å². The third-order valence-corrected chi connectivity index (χ3v) is 9.86. The van der Waals surface area contributed by atoms with Crippen molar-refractivity contribution in [2.24, 2.45) is 17.6 Å². The quantitative estimate of drug-likeness (QED) is 0.218. The van der Waals surface area contributed by atoms with E-state index in [1.807, 2.05) is 37.2 Å². The van der Waals surface area contributed by atoms with Gasteiger partial charge in [-0.05, 0) is 62.0 Å². The summed E-state index contributed by atoms with van der Waals surface area (Å²) in [5.74, 6) is -6.50. The molecule has 4 atom stereocenters. The molecule has 2 aromatic rings. The maximum Gasteiger partial charge on any atom is 0.255 e. The van der Waals surface area contributed by atoms with Gasteiger partial charge in [-0.1, -0.05) is 24.3 Å². The Morgan fingerprint density at radius 1 is 1.09 bits per heavy atom. The number of benzene rings is 2. The third kappa shape index (κ3) is 5.78. The van der Waals surface area contributed by atoms with Gasteiger partial charge in [0.1, 0.15) is 22.8 Å². The second-order valence-electron chi connectivity index (χ2n) is 12.8. The molecule has 3 aliphatic carbocycles. The number of nitrogens with zero attached hydrogens (tertiary/aromatic N) is 3. The number of rotatable bonds is 5. The molecule has 46 heavy (non-hydrogen) atoms. The molecule has 0 bridgehead atoms. The van der Waals surface area contributed by atoms with E-state index in [1.54, 1.807) is 14.1 Å². The van der Waals surface area contributed by atoms with E-state index in [0.717, 1.165) is 18.7 Å². The second kappa shape index (κ2) is 13.8. The Bertz CT molecular complexity index is 1690. The molecule has 0 aromatic heterocycles. The molecule has 0 unspecified atom stereocenters. The van der Waals surface area contributed by atoms with Crippen LogP contribution in [0.2, 0.25) is 0 Å². The molecule has 0 spiro atoms. The Balaban J connectivity index is 0.00000240. The van der Waals surface area contributed by atoms with Gasteiger partial charge in [-0.15, -0.1) is 0 Å². The molecule has 11 nitrogen and oxygen atoms in total. The van der Waals surface area contributed by atoms with Gasteiger partial charge in [0, 0.05) is 139 Å². The molecule has 1 radical (unpaired) electrons. The molecular formula is C33H38KN4O7U. The topological polar surface area (TPSA) is 168 Å². The molecule has 1 fully saturated rings. The summed E-state index contributed by atoms with van der Waals surface area (Å²) in [5.41, 5.74) is 6.40. The number of hydrogen-bond donors (Lipinski definition) is 5. The molecule has 6 N–H and O–H groups in total. The Hall–Kier alpha value is -1.50. The fraction of sp³-hybridized carbons (Fsp3) is 0.424. The minimum absolute atomic E-state index is 0. The first-order chi connectivity index (χ1) is 20.8. The summed E-state index contributed by atoms with van der Waals surface area (Å²) in [6.45, 7) is 1.89. The van der Waals surface area contributed by atoms with Crippen molar-refractivity contribution in [2.45, 2.75) is 44.0 Å². The number of phenols is 1. The summed E-state index contributed by atoms with van der Waals surface area (Å²) >= 11 is 0. The molecular weight excluding hydrogens is 842 g/mol. The van der Waals surface area contributed by atoms with Crippen molar-refractivity contribution in [1.29, 1.82) is 0 Å². The zero-order valence-electron chi connectivity index (χ0n) is 26.8. The summed E-state index contributed by atoms with van der Waals surface area (Å²) in [4.78, 5) is 45.3. The van der Waals surface area contributed by atoms with Gasteiger partial charge in [-0.25, -0.2) is 0 Å². The van der Waals surface area contributed by atoms with Crippen LogP contribution in [0.3, 0.4) is 0 Å². The number of likely N-dealkylation sites (N-methyl/N-ethyl adjacent to an activating group) is 1. The van der Waals surface area contributed by atoms with Crippen molar-refractivity contribution in [2.75, 3.05) is 39.6 Å². The monoisotopic (exact) mass is 879 g/mol. The predicted octanol–water partition coefficient (Wildman–Crippen LogP) is 1.21. The molecule has 4 aliphatic rings. The van der Waals surface area contributed by atoms with Crippen molar-refractivity contribution >= 4 is 80.3 Å². The molecule has 0 saturated heterocycles. The zero-order valence-corrected chi connectivity index (χ0v) is 34.1. The van der Waals surface area contributed by atoms with Crippen LogP contribution in [0.1, 0.15) is 34.2 Å². The number of carbonyl (C=O) groups excluding carboxylic acids is 3. The van der Waals surface area contributed by atoms with Crippen LogP contribution in [0.4, 0.5) is 5.69 Å². The molecule has 6 rings (SSSR count). The van der Waals surface area contributed by atoms with E-state index in [0.29, 0.717) is 24.2 Å². The van der Waals surface area contributed by atoms with Crippen LogP contribution in [0.15, 0.2) is 47.2 Å². The van der Waals surface area contributed by atoms with E-state index in [2.05, 4.69) is 17.0 Å². The number of ketones is 2. The van der Waals surface area contributed by atoms with Gasteiger partial charge in [0.25, 0.3) is 5.91 Å². The summed E-state index contributed by atoms with van der Waals surface area (Å²) in [6.07, 6.45) is 1.16. The summed E-state index contributed by atoms with van der Waals surface area (Å²) in [7, 11) is 6.89. The first kappa shape index (κ1) is 37.3. The Kier molecular flexibility index (Phi) is 11.2. The molecule has 1 aliphatic heterocycles. The van der Waals surface area contributed by atoms with Gasteiger partial charge in [-0.2, -0.15) is 0 Å². The average Bonchev–Trinajstić information content (AvgIpc) is 2.95. The van der Waals surface area contributed by atoms with Crippen LogP contribution in [-0.2, 0) is 40.3 Å². The molecule has 1 amide bonds. The van der Waals surface area contributed by atoms with Gasteiger partial charge in [0.2, 0.25) is 5.78 Å². The maximum absolute atomic E-state index is 14.2. The number of primary amides is 1. The SMILES string of the molecule is CN(C)c1cc(CN2CCc3ccccc3C2)c(O)c2c1C[C@H]1C[C@H]3[C@H](N(C)C)C(=O)C(C(N)=O)=C(O)[C@@]3(O)C(=O)C1=C2O.[K].[U]. The van der Waals surface area contributed by atoms with Crippen LogP contribution in [-0.4, -0.2) is 145 Å². The van der Waals surface area contributed by atoms with Crippen LogP contribution in [0.5, 0.6) is 5.75 Å². The maximum atomic E-state index is 14.2. The number of hydrogen-bond acceptors (Lipinski definition) is 10. The van der Waals surface area contributed by atoms with Gasteiger partial charge < -0.3 is 31.1 Å². The van der Waals surface area contributed by atoms with E-state index in [1.165, 1.54) is 16.0 Å². The van der Waals surface area contributed by atoms with E-state index < -0.39 is 58.0 Å². The molecule has 1 heterocycles. The molecule has 2 aromatic carbocycles. The zero-order chi connectivity index (χ0) is 31.8. The molecule has 237 valence electrons. The van der Waals surface area contributed by atoms with E-state index in [4.69, 9.17) is 5.73 Å². The Morgan fingerprint density at radius 2 is 1.74 bits per heavy atom. The number of amides is 1. The number of anilines is 1. The second-order valence-corrected chi connectivity index (χ2v) is 12.8. The Labute approximate surface area is 334 Å². The fourth-order valence-corrected chi connectivity index (χ4v) is 7.80. The third-order valence-electron chi connectivity index (χ3n) is 9.86. The van der Waals surface area contributed by atoms with Crippen molar-refractivity contribution in [3.8, 4) is 5.75 Å². The van der Waals surface area contributed by atoms with Gasteiger partial charge in [0.05, 0.1) is 11.6 Å². The van der Waals surface area contributed by atoms with Gasteiger partial charge in [0.15, 0.2) is 11.4 Å². The minimum atomic E-state index is -2.66. The normalized spacial score (nSPS) is 25.6. The van der Waals surface area contributed by atoms with Crippen molar-refractivity contribution in [3.63, 3.8) is 0 Å².